The fourth-order valence-electron chi connectivity index (χ4n) is 3.55. The predicted octanol–water partition coefficient (Wildman–Crippen LogP) is 5.13. The van der Waals surface area contributed by atoms with Gasteiger partial charge in [-0.1, -0.05) is 30.5 Å². The van der Waals surface area contributed by atoms with Gasteiger partial charge >= 0.3 is 12.0 Å². The second-order valence-electron chi connectivity index (χ2n) is 7.48. The summed E-state index contributed by atoms with van der Waals surface area (Å²) in [4.78, 5) is 41.1. The molecule has 1 aromatic heterocycles. The van der Waals surface area contributed by atoms with Crippen molar-refractivity contribution in [1.82, 2.24) is 4.98 Å². The fraction of sp³-hybridized carbons (Fsp3) is 0.391. The maximum Gasteiger partial charge on any atom is 0.330 e. The zero-order valence-corrected chi connectivity index (χ0v) is 18.6. The molecular weight excluding hydrogens is 414 g/mol. The molecule has 3 rings (SSSR count). The van der Waals surface area contributed by atoms with Crippen LogP contribution in [0.3, 0.4) is 0 Å². The zero-order valence-electron chi connectivity index (χ0n) is 17.8. The molecule has 164 valence electrons. The maximum absolute atomic E-state index is 12.9. The van der Waals surface area contributed by atoms with Crippen molar-refractivity contribution in [1.29, 1.82) is 0 Å². The minimum absolute atomic E-state index is 0.0367. The Labute approximate surface area is 185 Å². The van der Waals surface area contributed by atoms with E-state index in [1.54, 1.807) is 19.1 Å². The van der Waals surface area contributed by atoms with Gasteiger partial charge in [0.25, 0.3) is 0 Å². The Bertz CT molecular complexity index is 977. The Morgan fingerprint density at radius 2 is 2.00 bits per heavy atom. The van der Waals surface area contributed by atoms with E-state index in [2.05, 4.69) is 15.6 Å². The van der Waals surface area contributed by atoms with Crippen molar-refractivity contribution in [2.45, 2.75) is 46.0 Å². The Balaban J connectivity index is 1.61. The molecular formula is C23H27N3O4S. The van der Waals surface area contributed by atoms with Gasteiger partial charge in [0.15, 0.2) is 10.9 Å². The molecule has 0 unspecified atom stereocenters. The zero-order chi connectivity index (χ0) is 22.2. The van der Waals surface area contributed by atoms with E-state index in [4.69, 9.17) is 4.74 Å². The van der Waals surface area contributed by atoms with Crippen LogP contribution in [0, 0.1) is 12.8 Å². The Hall–Kier alpha value is -3.00. The molecule has 1 saturated carbocycles. The number of hydrogen-bond acceptors (Lipinski definition) is 6. The summed E-state index contributed by atoms with van der Waals surface area (Å²) in [6.07, 6.45) is 7.46. The lowest BCUT2D eigenvalue weighted by Gasteiger charge is -2.14. The number of Topliss-reactive ketones (excluding diaryl/α,β-unsaturated/α-hetero) is 1. The molecule has 2 N–H and O–H groups in total. The minimum atomic E-state index is -0.452. The summed E-state index contributed by atoms with van der Waals surface area (Å²) in [5.41, 5.74) is 2.78. The number of aromatic nitrogens is 1. The average Bonchev–Trinajstić information content (AvgIpc) is 3.41. The van der Waals surface area contributed by atoms with Crippen molar-refractivity contribution in [2.75, 3.05) is 17.2 Å². The molecule has 0 spiro atoms. The summed E-state index contributed by atoms with van der Waals surface area (Å²) >= 11 is 1.29. The van der Waals surface area contributed by atoms with Crippen molar-refractivity contribution in [3.8, 4) is 0 Å². The monoisotopic (exact) mass is 441 g/mol. The van der Waals surface area contributed by atoms with E-state index in [0.29, 0.717) is 29.4 Å². The number of nitrogens with one attached hydrogen (secondary N) is 2. The van der Waals surface area contributed by atoms with Crippen LogP contribution in [-0.4, -0.2) is 29.4 Å². The summed E-state index contributed by atoms with van der Waals surface area (Å²) in [6, 6.07) is 5.03. The van der Waals surface area contributed by atoms with Crippen molar-refractivity contribution in [2.24, 2.45) is 5.92 Å². The van der Waals surface area contributed by atoms with Crippen LogP contribution in [0.1, 0.15) is 54.2 Å². The number of benzene rings is 1. The number of esters is 1. The second-order valence-corrected chi connectivity index (χ2v) is 8.33. The number of hydrogen-bond donors (Lipinski definition) is 2. The van der Waals surface area contributed by atoms with Crippen molar-refractivity contribution in [3.05, 3.63) is 52.6 Å². The summed E-state index contributed by atoms with van der Waals surface area (Å²) in [6.45, 7) is 4.01. The highest BCUT2D eigenvalue weighted by atomic mass is 32.1. The van der Waals surface area contributed by atoms with Gasteiger partial charge in [0.05, 0.1) is 18.0 Å². The first-order valence-corrected chi connectivity index (χ1v) is 11.3. The van der Waals surface area contributed by atoms with Gasteiger partial charge in [-0.15, -0.1) is 11.3 Å². The number of thiazole rings is 1. The fourth-order valence-corrected chi connectivity index (χ4v) is 4.27. The molecule has 1 aliphatic rings. The topological polar surface area (TPSA) is 97.4 Å². The molecule has 0 saturated heterocycles. The van der Waals surface area contributed by atoms with E-state index >= 15 is 0 Å². The minimum Gasteiger partial charge on any atom is -0.463 e. The SMILES string of the molecule is CCOC(=O)C=CCc1csc(NC(=O)Nc2ccc(C)cc2C(=O)C2CCCC2)n1. The van der Waals surface area contributed by atoms with Gasteiger partial charge in [-0.2, -0.15) is 0 Å². The van der Waals surface area contributed by atoms with Crippen LogP contribution in [-0.2, 0) is 16.0 Å². The molecule has 0 bridgehead atoms. The van der Waals surface area contributed by atoms with Crippen molar-refractivity contribution >= 4 is 39.9 Å². The quantitative estimate of drug-likeness (QED) is 0.336. The molecule has 1 fully saturated rings. The van der Waals surface area contributed by atoms with Gasteiger partial charge in [0.2, 0.25) is 0 Å². The number of aryl methyl sites for hydroxylation is 1. The molecule has 2 amide bonds. The number of rotatable bonds is 8. The number of carbonyl (C=O) groups is 3. The van der Waals surface area contributed by atoms with E-state index in [1.807, 2.05) is 24.4 Å². The van der Waals surface area contributed by atoms with Crippen LogP contribution in [0.25, 0.3) is 0 Å². The molecule has 0 aliphatic heterocycles. The summed E-state index contributed by atoms with van der Waals surface area (Å²) in [7, 11) is 0. The van der Waals surface area contributed by atoms with Gasteiger partial charge in [-0.25, -0.2) is 14.6 Å². The third-order valence-electron chi connectivity index (χ3n) is 5.05. The number of anilines is 2. The third kappa shape index (κ3) is 6.49. The van der Waals surface area contributed by atoms with Gasteiger partial charge < -0.3 is 10.1 Å². The first kappa shape index (κ1) is 22.7. The molecule has 0 atom stereocenters. The lowest BCUT2D eigenvalue weighted by molar-refractivity contribution is -0.137. The van der Waals surface area contributed by atoms with Gasteiger partial charge in [-0.3, -0.25) is 10.1 Å². The lowest BCUT2D eigenvalue weighted by atomic mass is 9.94. The summed E-state index contributed by atoms with van der Waals surface area (Å²) < 4.78 is 4.83. The van der Waals surface area contributed by atoms with E-state index in [-0.39, 0.29) is 11.7 Å². The van der Waals surface area contributed by atoms with E-state index in [0.717, 1.165) is 36.9 Å². The molecule has 2 aromatic rings. The van der Waals surface area contributed by atoms with Crippen LogP contribution in [0.5, 0.6) is 0 Å². The van der Waals surface area contributed by atoms with Gasteiger partial charge in [0.1, 0.15) is 0 Å². The molecule has 0 radical (unpaired) electrons. The number of allylic oxidation sites excluding steroid dienone is 1. The molecule has 1 heterocycles. The van der Waals surface area contributed by atoms with Crippen molar-refractivity contribution < 1.29 is 19.1 Å². The Morgan fingerprint density at radius 1 is 1.23 bits per heavy atom. The Kier molecular flexibility index (Phi) is 7.94. The normalized spacial score (nSPS) is 14.0. The Morgan fingerprint density at radius 3 is 2.74 bits per heavy atom. The first-order chi connectivity index (χ1) is 15.0. The van der Waals surface area contributed by atoms with Crippen LogP contribution in [0.4, 0.5) is 15.6 Å². The average molecular weight is 442 g/mol. The molecule has 1 aromatic carbocycles. The van der Waals surface area contributed by atoms with E-state index in [9.17, 15) is 14.4 Å². The largest absolute Gasteiger partial charge is 0.463 e. The predicted molar refractivity (Wildman–Crippen MR) is 122 cm³/mol. The number of amides is 2. The van der Waals surface area contributed by atoms with Gasteiger partial charge in [0, 0.05) is 29.4 Å². The maximum atomic E-state index is 12.9. The van der Waals surface area contributed by atoms with E-state index in [1.165, 1.54) is 17.4 Å². The highest BCUT2D eigenvalue weighted by molar-refractivity contribution is 7.13. The second kappa shape index (κ2) is 10.9. The van der Waals surface area contributed by atoms with Crippen molar-refractivity contribution in [3.63, 3.8) is 0 Å². The van der Waals surface area contributed by atoms with Crippen LogP contribution >= 0.6 is 11.3 Å². The number of ketones is 1. The molecule has 31 heavy (non-hydrogen) atoms. The van der Waals surface area contributed by atoms with Gasteiger partial charge in [-0.05, 0) is 38.8 Å². The smallest absolute Gasteiger partial charge is 0.330 e. The third-order valence-corrected chi connectivity index (χ3v) is 5.86. The first-order valence-electron chi connectivity index (χ1n) is 10.5. The van der Waals surface area contributed by atoms with E-state index < -0.39 is 12.0 Å². The highest BCUT2D eigenvalue weighted by Gasteiger charge is 2.26. The lowest BCUT2D eigenvalue weighted by Crippen LogP contribution is -2.22. The highest BCUT2D eigenvalue weighted by Crippen LogP contribution is 2.31. The molecule has 8 heteroatoms. The summed E-state index contributed by atoms with van der Waals surface area (Å²) in [5.74, 6) is -0.257. The number of urea groups is 1. The van der Waals surface area contributed by atoms with Crippen LogP contribution in [0.15, 0.2) is 35.7 Å². The number of carbonyl (C=O) groups excluding carboxylic acids is 3. The molecule has 1 aliphatic carbocycles. The number of nitrogens with zero attached hydrogens (tertiary/aromatic N) is 1. The number of ether oxygens (including phenoxy) is 1. The van der Waals surface area contributed by atoms with Crippen LogP contribution < -0.4 is 10.6 Å². The summed E-state index contributed by atoms with van der Waals surface area (Å²) in [5, 5.41) is 7.75. The van der Waals surface area contributed by atoms with Crippen LogP contribution in [0.2, 0.25) is 0 Å². The molecule has 7 nitrogen and oxygen atoms in total. The standard InChI is InChI=1S/C23H27N3O4S/c1-3-30-20(27)10-6-9-17-14-31-23(24-17)26-22(29)25-19-12-11-15(2)13-18(19)21(28)16-7-4-5-8-16/h6,10-14,16H,3-5,7-9H2,1-2H3,(H2,24,25,26,29).